The molecule has 1 heterocycles. The molecule has 0 radical (unpaired) electrons. The summed E-state index contributed by atoms with van der Waals surface area (Å²) in [5.74, 6) is -1.33. The van der Waals surface area contributed by atoms with Gasteiger partial charge in [-0.05, 0) is 61.4 Å². The van der Waals surface area contributed by atoms with E-state index in [-0.39, 0.29) is 11.9 Å². The van der Waals surface area contributed by atoms with Gasteiger partial charge in [-0.25, -0.2) is 0 Å². The molecule has 2 atom stereocenters. The summed E-state index contributed by atoms with van der Waals surface area (Å²) in [6.45, 7) is 4.42. The van der Waals surface area contributed by atoms with Crippen LogP contribution in [-0.4, -0.2) is 34.5 Å². The number of halogens is 1. The standard InChI is InChI=1S/C15H18INO3/c1-9-5-6-13(16)12(8-9)14(18)17-7-3-4-11(10(17)2)15(19)20/h5-6,8,10-11H,3-4,7H2,1-2H3,(H,19,20)/t10-,11-/m1/s1. The Balaban J connectivity index is 2.28. The van der Waals surface area contributed by atoms with Gasteiger partial charge >= 0.3 is 5.97 Å². The zero-order valence-corrected chi connectivity index (χ0v) is 13.8. The van der Waals surface area contributed by atoms with Gasteiger partial charge in [-0.3, -0.25) is 9.59 Å². The Morgan fingerprint density at radius 1 is 1.40 bits per heavy atom. The third kappa shape index (κ3) is 2.97. The Hall–Kier alpha value is -1.11. The number of nitrogens with zero attached hydrogens (tertiary/aromatic N) is 1. The fourth-order valence-electron chi connectivity index (χ4n) is 2.72. The third-order valence-corrected chi connectivity index (χ3v) is 4.86. The second-order valence-electron chi connectivity index (χ2n) is 5.31. The predicted molar refractivity (Wildman–Crippen MR) is 84.8 cm³/mol. The van der Waals surface area contributed by atoms with Crippen molar-refractivity contribution in [1.29, 1.82) is 0 Å². The lowest BCUT2D eigenvalue weighted by Gasteiger charge is -2.37. The first-order valence-electron chi connectivity index (χ1n) is 6.71. The molecule has 4 nitrogen and oxygen atoms in total. The molecule has 0 aliphatic carbocycles. The Labute approximate surface area is 132 Å². The molecule has 1 aromatic carbocycles. The summed E-state index contributed by atoms with van der Waals surface area (Å²) in [7, 11) is 0. The van der Waals surface area contributed by atoms with Crippen molar-refractivity contribution in [3.05, 3.63) is 32.9 Å². The summed E-state index contributed by atoms with van der Waals surface area (Å²) < 4.78 is 0.905. The molecule has 0 spiro atoms. The minimum absolute atomic E-state index is 0.0587. The largest absolute Gasteiger partial charge is 0.481 e. The summed E-state index contributed by atoms with van der Waals surface area (Å²) in [6, 6.07) is 5.51. The molecule has 1 aliphatic rings. The molecule has 5 heteroatoms. The van der Waals surface area contributed by atoms with Crippen LogP contribution in [0.3, 0.4) is 0 Å². The molecule has 20 heavy (non-hydrogen) atoms. The summed E-state index contributed by atoms with van der Waals surface area (Å²) >= 11 is 2.15. The Morgan fingerprint density at radius 2 is 2.10 bits per heavy atom. The molecule has 0 bridgehead atoms. The normalized spacial score (nSPS) is 22.6. The fourth-order valence-corrected chi connectivity index (χ4v) is 3.28. The van der Waals surface area contributed by atoms with Crippen LogP contribution in [0.2, 0.25) is 0 Å². The molecule has 108 valence electrons. The summed E-state index contributed by atoms with van der Waals surface area (Å²) in [6.07, 6.45) is 1.39. The number of hydrogen-bond acceptors (Lipinski definition) is 2. The minimum Gasteiger partial charge on any atom is -0.481 e. The molecule has 0 saturated carbocycles. The van der Waals surface area contributed by atoms with E-state index in [1.807, 2.05) is 32.0 Å². The van der Waals surface area contributed by atoms with Gasteiger partial charge in [-0.15, -0.1) is 0 Å². The maximum atomic E-state index is 12.7. The van der Waals surface area contributed by atoms with Crippen LogP contribution in [0.15, 0.2) is 18.2 Å². The first kappa shape index (κ1) is 15.3. The maximum absolute atomic E-state index is 12.7. The molecule has 1 saturated heterocycles. The number of rotatable bonds is 2. The SMILES string of the molecule is Cc1ccc(I)c(C(=O)N2CCC[C@@H](C(=O)O)[C@H]2C)c1. The third-order valence-electron chi connectivity index (χ3n) is 3.92. The van der Waals surface area contributed by atoms with Gasteiger partial charge in [0.2, 0.25) is 0 Å². The van der Waals surface area contributed by atoms with Crippen LogP contribution in [0, 0.1) is 16.4 Å². The van der Waals surface area contributed by atoms with E-state index in [2.05, 4.69) is 22.6 Å². The average molecular weight is 387 g/mol. The van der Waals surface area contributed by atoms with Crippen molar-refractivity contribution >= 4 is 34.5 Å². The number of carboxylic acids is 1. The molecule has 1 N–H and O–H groups in total. The number of amides is 1. The van der Waals surface area contributed by atoms with Crippen molar-refractivity contribution in [2.24, 2.45) is 5.92 Å². The lowest BCUT2D eigenvalue weighted by molar-refractivity contribution is -0.144. The van der Waals surface area contributed by atoms with E-state index in [0.717, 1.165) is 15.6 Å². The van der Waals surface area contributed by atoms with E-state index in [0.29, 0.717) is 18.5 Å². The second-order valence-corrected chi connectivity index (χ2v) is 6.47. The fraction of sp³-hybridized carbons (Fsp3) is 0.467. The Morgan fingerprint density at radius 3 is 2.75 bits per heavy atom. The Kier molecular flexibility index (Phi) is 4.67. The molecule has 1 aromatic rings. The number of carbonyl (C=O) groups is 2. The van der Waals surface area contributed by atoms with Gasteiger partial charge in [-0.2, -0.15) is 0 Å². The molecule has 1 fully saturated rings. The van der Waals surface area contributed by atoms with Crippen LogP contribution in [0.4, 0.5) is 0 Å². The van der Waals surface area contributed by atoms with Gasteiger partial charge in [-0.1, -0.05) is 11.6 Å². The van der Waals surface area contributed by atoms with Gasteiger partial charge in [0.05, 0.1) is 11.5 Å². The van der Waals surface area contributed by atoms with Crippen molar-refractivity contribution < 1.29 is 14.7 Å². The van der Waals surface area contributed by atoms with Crippen LogP contribution >= 0.6 is 22.6 Å². The van der Waals surface area contributed by atoms with Crippen LogP contribution < -0.4 is 0 Å². The number of carboxylic acid groups (broad SMARTS) is 1. The number of likely N-dealkylation sites (tertiary alicyclic amines) is 1. The predicted octanol–water partition coefficient (Wildman–Crippen LogP) is 2.92. The Bertz CT molecular complexity index is 544. The highest BCUT2D eigenvalue weighted by Gasteiger charge is 2.36. The summed E-state index contributed by atoms with van der Waals surface area (Å²) in [4.78, 5) is 25.6. The van der Waals surface area contributed by atoms with E-state index in [1.165, 1.54) is 0 Å². The molecule has 0 aromatic heterocycles. The molecule has 0 unspecified atom stereocenters. The number of aliphatic carboxylic acids is 1. The van der Waals surface area contributed by atoms with E-state index < -0.39 is 11.9 Å². The highest BCUT2D eigenvalue weighted by atomic mass is 127. The number of hydrogen-bond donors (Lipinski definition) is 1. The minimum atomic E-state index is -0.811. The van der Waals surface area contributed by atoms with E-state index in [4.69, 9.17) is 0 Å². The molecule has 1 amide bonds. The number of aryl methyl sites for hydroxylation is 1. The van der Waals surface area contributed by atoms with Crippen LogP contribution in [0.1, 0.15) is 35.7 Å². The topological polar surface area (TPSA) is 57.6 Å². The maximum Gasteiger partial charge on any atom is 0.308 e. The lowest BCUT2D eigenvalue weighted by Crippen LogP contribution is -2.49. The number of carbonyl (C=O) groups excluding carboxylic acids is 1. The zero-order valence-electron chi connectivity index (χ0n) is 11.6. The van der Waals surface area contributed by atoms with Gasteiger partial charge in [0.15, 0.2) is 0 Å². The van der Waals surface area contributed by atoms with Crippen molar-refractivity contribution in [3.8, 4) is 0 Å². The second kappa shape index (κ2) is 6.11. The van der Waals surface area contributed by atoms with E-state index in [9.17, 15) is 14.7 Å². The average Bonchev–Trinajstić information content (AvgIpc) is 2.40. The van der Waals surface area contributed by atoms with Crippen molar-refractivity contribution in [2.75, 3.05) is 6.54 Å². The molecule has 2 rings (SSSR count). The van der Waals surface area contributed by atoms with Crippen LogP contribution in [0.5, 0.6) is 0 Å². The summed E-state index contributed by atoms with van der Waals surface area (Å²) in [5, 5.41) is 9.24. The molecular formula is C15H18INO3. The van der Waals surface area contributed by atoms with E-state index >= 15 is 0 Å². The van der Waals surface area contributed by atoms with E-state index in [1.54, 1.807) is 4.90 Å². The van der Waals surface area contributed by atoms with Crippen molar-refractivity contribution in [3.63, 3.8) is 0 Å². The highest BCUT2D eigenvalue weighted by Crippen LogP contribution is 2.26. The van der Waals surface area contributed by atoms with Gasteiger partial charge in [0.25, 0.3) is 5.91 Å². The van der Waals surface area contributed by atoms with Crippen LogP contribution in [0.25, 0.3) is 0 Å². The summed E-state index contributed by atoms with van der Waals surface area (Å²) in [5.41, 5.74) is 1.71. The van der Waals surface area contributed by atoms with Gasteiger partial charge in [0, 0.05) is 16.2 Å². The van der Waals surface area contributed by atoms with Crippen molar-refractivity contribution in [2.45, 2.75) is 32.7 Å². The smallest absolute Gasteiger partial charge is 0.308 e. The lowest BCUT2D eigenvalue weighted by atomic mass is 9.90. The number of benzene rings is 1. The molecular weight excluding hydrogens is 369 g/mol. The monoisotopic (exact) mass is 387 g/mol. The van der Waals surface area contributed by atoms with Crippen LogP contribution in [-0.2, 0) is 4.79 Å². The highest BCUT2D eigenvalue weighted by molar-refractivity contribution is 14.1. The zero-order chi connectivity index (χ0) is 14.9. The quantitative estimate of drug-likeness (QED) is 0.794. The number of piperidine rings is 1. The first-order chi connectivity index (χ1) is 9.41. The van der Waals surface area contributed by atoms with Gasteiger partial charge < -0.3 is 10.0 Å². The first-order valence-corrected chi connectivity index (χ1v) is 7.79. The van der Waals surface area contributed by atoms with Gasteiger partial charge in [0.1, 0.15) is 0 Å². The van der Waals surface area contributed by atoms with Crippen molar-refractivity contribution in [1.82, 2.24) is 4.90 Å². The molecule has 1 aliphatic heterocycles.